The Bertz CT molecular complexity index is 369. The first kappa shape index (κ1) is 14.3. The molecule has 0 aromatic heterocycles. The van der Waals surface area contributed by atoms with Crippen molar-refractivity contribution in [3.05, 3.63) is 22.2 Å². The van der Waals surface area contributed by atoms with Gasteiger partial charge in [0.2, 0.25) is 0 Å². The van der Waals surface area contributed by atoms with Crippen LogP contribution in [0.3, 0.4) is 0 Å². The number of halogens is 1. The minimum Gasteiger partial charge on any atom is -0.493 e. The van der Waals surface area contributed by atoms with Crippen molar-refractivity contribution in [2.24, 2.45) is 0 Å². The van der Waals surface area contributed by atoms with Crippen LogP contribution in [0.1, 0.15) is 12.5 Å². The van der Waals surface area contributed by atoms with Crippen LogP contribution in [-0.2, 0) is 6.54 Å². The Labute approximate surface area is 110 Å². The van der Waals surface area contributed by atoms with Crippen LogP contribution in [-0.4, -0.2) is 32.0 Å². The molecule has 1 aromatic rings. The number of hydrogen-bond donors (Lipinski definition) is 2. The minimum atomic E-state index is -0.349. The first-order valence-corrected chi connectivity index (χ1v) is 6.17. The summed E-state index contributed by atoms with van der Waals surface area (Å²) in [4.78, 5) is 0. The summed E-state index contributed by atoms with van der Waals surface area (Å²) in [5.74, 6) is 1.38. The third-order valence-electron chi connectivity index (χ3n) is 2.26. The van der Waals surface area contributed by atoms with Gasteiger partial charge in [-0.2, -0.15) is 0 Å². The zero-order valence-corrected chi connectivity index (χ0v) is 11.9. The van der Waals surface area contributed by atoms with Crippen LogP contribution in [0.5, 0.6) is 11.5 Å². The van der Waals surface area contributed by atoms with Crippen molar-refractivity contribution < 1.29 is 14.6 Å². The van der Waals surface area contributed by atoms with Crippen molar-refractivity contribution in [2.45, 2.75) is 19.6 Å². The molecule has 0 spiro atoms. The van der Waals surface area contributed by atoms with E-state index in [0.717, 1.165) is 10.0 Å². The molecule has 5 heteroatoms. The van der Waals surface area contributed by atoms with Crippen LogP contribution in [0.25, 0.3) is 0 Å². The van der Waals surface area contributed by atoms with Gasteiger partial charge in [0.05, 0.1) is 24.8 Å². The van der Waals surface area contributed by atoms with Crippen LogP contribution in [0.2, 0.25) is 0 Å². The average molecular weight is 304 g/mol. The lowest BCUT2D eigenvalue weighted by Gasteiger charge is -2.13. The zero-order chi connectivity index (χ0) is 12.8. The summed E-state index contributed by atoms with van der Waals surface area (Å²) >= 11 is 3.44. The molecule has 1 rings (SSSR count). The van der Waals surface area contributed by atoms with E-state index < -0.39 is 0 Å². The number of aliphatic hydroxyl groups excluding tert-OH is 1. The SMILES string of the molecule is COc1cc(CNCC(C)O)cc(Br)c1OC. The van der Waals surface area contributed by atoms with Gasteiger partial charge in [0, 0.05) is 13.1 Å². The molecule has 0 aliphatic heterocycles. The molecule has 1 unspecified atom stereocenters. The highest BCUT2D eigenvalue weighted by molar-refractivity contribution is 9.10. The Kier molecular flexibility index (Phi) is 5.74. The molecule has 0 saturated heterocycles. The monoisotopic (exact) mass is 303 g/mol. The van der Waals surface area contributed by atoms with Gasteiger partial charge in [-0.1, -0.05) is 0 Å². The van der Waals surface area contributed by atoms with E-state index in [1.54, 1.807) is 21.1 Å². The Morgan fingerprint density at radius 2 is 2.06 bits per heavy atom. The molecular formula is C12H18BrNO3. The van der Waals surface area contributed by atoms with Crippen LogP contribution in [0.15, 0.2) is 16.6 Å². The van der Waals surface area contributed by atoms with Crippen LogP contribution in [0.4, 0.5) is 0 Å². The lowest BCUT2D eigenvalue weighted by molar-refractivity contribution is 0.191. The zero-order valence-electron chi connectivity index (χ0n) is 10.3. The smallest absolute Gasteiger partial charge is 0.174 e. The van der Waals surface area contributed by atoms with Crippen LogP contribution >= 0.6 is 15.9 Å². The summed E-state index contributed by atoms with van der Waals surface area (Å²) in [6, 6.07) is 3.88. The third kappa shape index (κ3) is 4.18. The van der Waals surface area contributed by atoms with Gasteiger partial charge in [-0.15, -0.1) is 0 Å². The summed E-state index contributed by atoms with van der Waals surface area (Å²) in [5.41, 5.74) is 1.06. The molecular weight excluding hydrogens is 286 g/mol. The molecule has 0 aliphatic rings. The van der Waals surface area contributed by atoms with Crippen molar-refractivity contribution in [1.29, 1.82) is 0 Å². The van der Waals surface area contributed by atoms with E-state index in [9.17, 15) is 0 Å². The van der Waals surface area contributed by atoms with Gasteiger partial charge in [0.1, 0.15) is 0 Å². The van der Waals surface area contributed by atoms with E-state index in [2.05, 4.69) is 21.2 Å². The molecule has 0 amide bonds. The fraction of sp³-hybridized carbons (Fsp3) is 0.500. The fourth-order valence-electron chi connectivity index (χ4n) is 1.50. The van der Waals surface area contributed by atoms with E-state index in [0.29, 0.717) is 24.6 Å². The minimum absolute atomic E-state index is 0.349. The van der Waals surface area contributed by atoms with Crippen LogP contribution in [0, 0.1) is 0 Å². The molecule has 0 aliphatic carbocycles. The molecule has 4 nitrogen and oxygen atoms in total. The number of hydrogen-bond acceptors (Lipinski definition) is 4. The number of aliphatic hydroxyl groups is 1. The molecule has 2 N–H and O–H groups in total. The van der Waals surface area contributed by atoms with E-state index >= 15 is 0 Å². The molecule has 0 heterocycles. The first-order valence-electron chi connectivity index (χ1n) is 5.37. The summed E-state index contributed by atoms with van der Waals surface area (Å²) in [5, 5.41) is 12.3. The fourth-order valence-corrected chi connectivity index (χ4v) is 2.15. The number of ether oxygens (including phenoxy) is 2. The number of methoxy groups -OCH3 is 2. The Balaban J connectivity index is 2.77. The Hall–Kier alpha value is -0.780. The lowest BCUT2D eigenvalue weighted by Crippen LogP contribution is -2.23. The van der Waals surface area contributed by atoms with Gasteiger partial charge >= 0.3 is 0 Å². The number of nitrogens with one attached hydrogen (secondary N) is 1. The van der Waals surface area contributed by atoms with Crippen molar-refractivity contribution in [3.63, 3.8) is 0 Å². The lowest BCUT2D eigenvalue weighted by atomic mass is 10.2. The van der Waals surface area contributed by atoms with Gasteiger partial charge < -0.3 is 19.9 Å². The van der Waals surface area contributed by atoms with Gasteiger partial charge in [-0.3, -0.25) is 0 Å². The van der Waals surface area contributed by atoms with E-state index in [-0.39, 0.29) is 6.10 Å². The highest BCUT2D eigenvalue weighted by Crippen LogP contribution is 2.36. The summed E-state index contributed by atoms with van der Waals surface area (Å²) < 4.78 is 11.3. The maximum Gasteiger partial charge on any atom is 0.174 e. The van der Waals surface area contributed by atoms with Gasteiger partial charge in [0.15, 0.2) is 11.5 Å². The van der Waals surface area contributed by atoms with Gasteiger partial charge in [-0.05, 0) is 40.5 Å². The molecule has 1 atom stereocenters. The molecule has 0 fully saturated rings. The molecule has 1 aromatic carbocycles. The predicted molar refractivity (Wildman–Crippen MR) is 70.6 cm³/mol. The quantitative estimate of drug-likeness (QED) is 0.843. The van der Waals surface area contributed by atoms with E-state index in [1.807, 2.05) is 12.1 Å². The molecule has 96 valence electrons. The highest BCUT2D eigenvalue weighted by atomic mass is 79.9. The Morgan fingerprint density at radius 1 is 1.35 bits per heavy atom. The third-order valence-corrected chi connectivity index (χ3v) is 2.85. The predicted octanol–water partition coefficient (Wildman–Crippen LogP) is 1.94. The van der Waals surface area contributed by atoms with Crippen molar-refractivity contribution >= 4 is 15.9 Å². The van der Waals surface area contributed by atoms with Gasteiger partial charge in [-0.25, -0.2) is 0 Å². The topological polar surface area (TPSA) is 50.7 Å². The largest absolute Gasteiger partial charge is 0.493 e. The molecule has 0 saturated carbocycles. The van der Waals surface area contributed by atoms with E-state index in [4.69, 9.17) is 14.6 Å². The first-order chi connectivity index (χ1) is 8.08. The number of rotatable bonds is 6. The second kappa shape index (κ2) is 6.83. The van der Waals surface area contributed by atoms with Crippen molar-refractivity contribution in [3.8, 4) is 11.5 Å². The maximum absolute atomic E-state index is 9.15. The summed E-state index contributed by atoms with van der Waals surface area (Å²) in [6.07, 6.45) is -0.349. The maximum atomic E-state index is 9.15. The normalized spacial score (nSPS) is 12.3. The average Bonchev–Trinajstić information content (AvgIpc) is 2.27. The molecule has 17 heavy (non-hydrogen) atoms. The van der Waals surface area contributed by atoms with Crippen molar-refractivity contribution in [2.75, 3.05) is 20.8 Å². The van der Waals surface area contributed by atoms with Crippen molar-refractivity contribution in [1.82, 2.24) is 5.32 Å². The number of benzene rings is 1. The van der Waals surface area contributed by atoms with E-state index in [1.165, 1.54) is 0 Å². The molecule has 0 radical (unpaired) electrons. The Morgan fingerprint density at radius 3 is 2.59 bits per heavy atom. The summed E-state index contributed by atoms with van der Waals surface area (Å²) in [7, 11) is 3.21. The second-order valence-corrected chi connectivity index (χ2v) is 4.65. The highest BCUT2D eigenvalue weighted by Gasteiger charge is 2.10. The summed E-state index contributed by atoms with van der Waals surface area (Å²) in [6.45, 7) is 2.98. The van der Waals surface area contributed by atoms with Gasteiger partial charge in [0.25, 0.3) is 0 Å². The van der Waals surface area contributed by atoms with Crippen LogP contribution < -0.4 is 14.8 Å². The standard InChI is InChI=1S/C12H18BrNO3/c1-8(15)6-14-7-9-4-10(13)12(17-3)11(5-9)16-2/h4-5,8,14-15H,6-7H2,1-3H3. The second-order valence-electron chi connectivity index (χ2n) is 3.79. The molecule has 0 bridgehead atoms.